The van der Waals surface area contributed by atoms with Crippen LogP contribution in [0, 0.1) is 30.6 Å². The number of Topliss-reactive ketones (excluding diaryl/α,β-unsaturated/α-hetero) is 1. The molecule has 1 atom stereocenters. The van der Waals surface area contributed by atoms with Crippen molar-refractivity contribution < 1.29 is 14.3 Å². The van der Waals surface area contributed by atoms with Gasteiger partial charge in [-0.25, -0.2) is 0 Å². The standard InChI is InChI=1S/C34H34ClN3O3/c1-20-14-22(19-41-30-9-7-6-8-27(30)35)21(2)25(15-20)31-26(18-36)33(37)38(23-10-12-24(40-5)13-11-23)28-16-34(3,4)17-29(39)32(28)31/h6-15,31H,16-17,19,37H2,1-5H3. The number of methoxy groups -OCH3 is 1. The van der Waals surface area contributed by atoms with Gasteiger partial charge >= 0.3 is 0 Å². The van der Waals surface area contributed by atoms with Crippen LogP contribution in [0.1, 0.15) is 54.9 Å². The molecule has 2 N–H and O–H groups in total. The van der Waals surface area contributed by atoms with E-state index in [2.05, 4.69) is 32.0 Å². The maximum atomic E-state index is 14.0. The molecule has 210 valence electrons. The summed E-state index contributed by atoms with van der Waals surface area (Å²) in [6, 6.07) is 21.4. The van der Waals surface area contributed by atoms with Gasteiger partial charge in [-0.3, -0.25) is 9.69 Å². The molecule has 0 radical (unpaired) electrons. The van der Waals surface area contributed by atoms with Crippen LogP contribution in [-0.4, -0.2) is 12.9 Å². The summed E-state index contributed by atoms with van der Waals surface area (Å²) in [4.78, 5) is 15.9. The lowest BCUT2D eigenvalue weighted by molar-refractivity contribution is -0.118. The number of aryl methyl sites for hydroxylation is 1. The second-order valence-corrected chi connectivity index (χ2v) is 11.9. The van der Waals surface area contributed by atoms with Crippen molar-refractivity contribution in [2.75, 3.05) is 12.0 Å². The van der Waals surface area contributed by atoms with Gasteiger partial charge < -0.3 is 15.2 Å². The summed E-state index contributed by atoms with van der Waals surface area (Å²) in [5.74, 6) is 1.10. The first-order chi connectivity index (χ1) is 19.5. The van der Waals surface area contributed by atoms with Gasteiger partial charge in [-0.2, -0.15) is 5.26 Å². The predicted octanol–water partition coefficient (Wildman–Crippen LogP) is 7.49. The van der Waals surface area contributed by atoms with E-state index in [1.54, 1.807) is 13.2 Å². The van der Waals surface area contributed by atoms with Gasteiger partial charge in [-0.15, -0.1) is 0 Å². The molecule has 0 amide bonds. The Bertz CT molecular complexity index is 1630. The summed E-state index contributed by atoms with van der Waals surface area (Å²) in [6.07, 6.45) is 1.04. The maximum absolute atomic E-state index is 14.0. The zero-order chi connectivity index (χ0) is 29.5. The molecule has 3 aromatic rings. The molecule has 0 saturated carbocycles. The summed E-state index contributed by atoms with van der Waals surface area (Å²) in [5.41, 5.74) is 13.0. The lowest BCUT2D eigenvalue weighted by atomic mass is 9.68. The number of ketones is 1. The molecule has 1 heterocycles. The van der Waals surface area contributed by atoms with Gasteiger partial charge in [0.05, 0.1) is 29.7 Å². The lowest BCUT2D eigenvalue weighted by Gasteiger charge is -2.44. The number of halogens is 1. The molecule has 0 fully saturated rings. The van der Waals surface area contributed by atoms with Crippen molar-refractivity contribution in [3.8, 4) is 17.6 Å². The van der Waals surface area contributed by atoms with Crippen LogP contribution < -0.4 is 20.1 Å². The van der Waals surface area contributed by atoms with Crippen molar-refractivity contribution in [1.29, 1.82) is 5.26 Å². The van der Waals surface area contributed by atoms with Crippen LogP contribution in [-0.2, 0) is 11.4 Å². The predicted molar refractivity (Wildman–Crippen MR) is 162 cm³/mol. The van der Waals surface area contributed by atoms with E-state index in [0.717, 1.165) is 33.6 Å². The number of carbonyl (C=O) groups is 1. The Balaban J connectivity index is 1.67. The van der Waals surface area contributed by atoms with E-state index in [4.69, 9.17) is 26.8 Å². The highest BCUT2D eigenvalue weighted by Gasteiger charge is 2.45. The zero-order valence-electron chi connectivity index (χ0n) is 24.0. The second-order valence-electron chi connectivity index (χ2n) is 11.5. The monoisotopic (exact) mass is 567 g/mol. The number of hydrogen-bond acceptors (Lipinski definition) is 6. The topological polar surface area (TPSA) is 88.6 Å². The summed E-state index contributed by atoms with van der Waals surface area (Å²) in [7, 11) is 1.61. The third kappa shape index (κ3) is 5.30. The highest BCUT2D eigenvalue weighted by molar-refractivity contribution is 6.32. The average molecular weight is 568 g/mol. The Morgan fingerprint density at radius 1 is 1.10 bits per heavy atom. The fraction of sp³-hybridized carbons (Fsp3) is 0.294. The summed E-state index contributed by atoms with van der Waals surface area (Å²) < 4.78 is 11.4. The Hall–Kier alpha value is -4.21. The molecule has 1 aliphatic carbocycles. The molecule has 1 unspecified atom stereocenters. The van der Waals surface area contributed by atoms with Crippen molar-refractivity contribution in [1.82, 2.24) is 0 Å². The number of carbonyl (C=O) groups excluding carboxylic acids is 1. The molecule has 5 rings (SSSR count). The van der Waals surface area contributed by atoms with Crippen LogP contribution in [0.4, 0.5) is 5.69 Å². The minimum atomic E-state index is -0.577. The summed E-state index contributed by atoms with van der Waals surface area (Å²) >= 11 is 6.33. The van der Waals surface area contributed by atoms with Gasteiger partial charge in [-0.1, -0.05) is 55.3 Å². The van der Waals surface area contributed by atoms with Gasteiger partial charge in [0.2, 0.25) is 0 Å². The largest absolute Gasteiger partial charge is 0.497 e. The number of para-hydroxylation sites is 1. The van der Waals surface area contributed by atoms with E-state index in [-0.39, 0.29) is 11.2 Å². The smallest absolute Gasteiger partial charge is 0.162 e. The number of ether oxygens (including phenoxy) is 2. The van der Waals surface area contributed by atoms with E-state index in [1.807, 2.05) is 61.2 Å². The molecule has 0 aromatic heterocycles. The van der Waals surface area contributed by atoms with Gasteiger partial charge in [0, 0.05) is 23.4 Å². The minimum Gasteiger partial charge on any atom is -0.497 e. The lowest BCUT2D eigenvalue weighted by Crippen LogP contribution is -2.42. The van der Waals surface area contributed by atoms with E-state index in [0.29, 0.717) is 52.9 Å². The van der Waals surface area contributed by atoms with E-state index >= 15 is 0 Å². The van der Waals surface area contributed by atoms with Crippen LogP contribution in [0.5, 0.6) is 11.5 Å². The fourth-order valence-electron chi connectivity index (χ4n) is 5.98. The first kappa shape index (κ1) is 28.3. The van der Waals surface area contributed by atoms with Crippen molar-refractivity contribution in [2.24, 2.45) is 11.1 Å². The molecule has 0 bridgehead atoms. The Kier molecular flexibility index (Phi) is 7.59. The molecule has 1 aliphatic heterocycles. The van der Waals surface area contributed by atoms with Crippen LogP contribution in [0.15, 0.2) is 83.3 Å². The quantitative estimate of drug-likeness (QED) is 0.332. The van der Waals surface area contributed by atoms with Crippen LogP contribution in [0.25, 0.3) is 0 Å². The zero-order valence-corrected chi connectivity index (χ0v) is 24.8. The van der Waals surface area contributed by atoms with Crippen molar-refractivity contribution in [3.63, 3.8) is 0 Å². The molecular weight excluding hydrogens is 534 g/mol. The number of rotatable bonds is 6. The van der Waals surface area contributed by atoms with Gasteiger partial charge in [0.25, 0.3) is 0 Å². The number of anilines is 1. The molecular formula is C34H34ClN3O3. The van der Waals surface area contributed by atoms with Crippen molar-refractivity contribution >= 4 is 23.1 Å². The highest BCUT2D eigenvalue weighted by atomic mass is 35.5. The first-order valence-electron chi connectivity index (χ1n) is 13.6. The van der Waals surface area contributed by atoms with E-state index in [1.165, 1.54) is 0 Å². The molecule has 3 aromatic carbocycles. The average Bonchev–Trinajstić information content (AvgIpc) is 2.93. The van der Waals surface area contributed by atoms with Gasteiger partial charge in [0.1, 0.15) is 23.9 Å². The van der Waals surface area contributed by atoms with Crippen molar-refractivity contribution in [2.45, 2.75) is 53.1 Å². The molecule has 0 saturated heterocycles. The van der Waals surface area contributed by atoms with Crippen LogP contribution in [0.3, 0.4) is 0 Å². The minimum absolute atomic E-state index is 0.0368. The highest BCUT2D eigenvalue weighted by Crippen LogP contribution is 2.51. The maximum Gasteiger partial charge on any atom is 0.162 e. The van der Waals surface area contributed by atoms with Gasteiger partial charge in [0.15, 0.2) is 5.78 Å². The molecule has 41 heavy (non-hydrogen) atoms. The number of hydrogen-bond donors (Lipinski definition) is 1. The summed E-state index contributed by atoms with van der Waals surface area (Å²) in [6.45, 7) is 8.51. The Morgan fingerprint density at radius 2 is 1.80 bits per heavy atom. The summed E-state index contributed by atoms with van der Waals surface area (Å²) in [5, 5.41) is 11.1. The first-order valence-corrected chi connectivity index (χ1v) is 14.0. The molecule has 6 nitrogen and oxygen atoms in total. The number of allylic oxidation sites excluding steroid dienone is 3. The number of nitrogens with two attached hydrogens (primary N) is 1. The number of nitrogens with zero attached hydrogens (tertiary/aromatic N) is 2. The van der Waals surface area contributed by atoms with Gasteiger partial charge in [-0.05, 0) is 78.8 Å². The molecule has 7 heteroatoms. The van der Waals surface area contributed by atoms with Crippen LogP contribution >= 0.6 is 11.6 Å². The second kappa shape index (κ2) is 11.0. The molecule has 0 spiro atoms. The molecule has 2 aliphatic rings. The van der Waals surface area contributed by atoms with Crippen LogP contribution in [0.2, 0.25) is 5.02 Å². The Labute approximate surface area is 246 Å². The third-order valence-corrected chi connectivity index (χ3v) is 8.25. The van der Waals surface area contributed by atoms with Crippen molar-refractivity contribution in [3.05, 3.63) is 111 Å². The fourth-order valence-corrected chi connectivity index (χ4v) is 6.17. The Morgan fingerprint density at radius 3 is 2.46 bits per heavy atom. The number of nitriles is 1. The van der Waals surface area contributed by atoms with E-state index < -0.39 is 5.92 Å². The van der Waals surface area contributed by atoms with E-state index in [9.17, 15) is 10.1 Å². The normalized spacial score (nSPS) is 18.2. The number of benzene rings is 3. The third-order valence-electron chi connectivity index (χ3n) is 7.94. The SMILES string of the molecule is COc1ccc(N2C(N)=C(C#N)C(c3cc(C)cc(COc4ccccc4Cl)c3C)C3=C2CC(C)(C)CC3=O)cc1.